The van der Waals surface area contributed by atoms with Gasteiger partial charge in [-0.25, -0.2) is 9.78 Å². The van der Waals surface area contributed by atoms with Crippen LogP contribution in [0, 0.1) is 5.92 Å². The molecule has 0 bridgehead atoms. The van der Waals surface area contributed by atoms with Crippen molar-refractivity contribution in [2.24, 2.45) is 11.7 Å². The van der Waals surface area contributed by atoms with Gasteiger partial charge in [-0.15, -0.1) is 0 Å². The van der Waals surface area contributed by atoms with Crippen LogP contribution >= 0.6 is 11.8 Å². The van der Waals surface area contributed by atoms with Crippen molar-refractivity contribution >= 4 is 35.5 Å². The van der Waals surface area contributed by atoms with Gasteiger partial charge in [-0.2, -0.15) is 11.8 Å². The molecule has 0 saturated heterocycles. The van der Waals surface area contributed by atoms with Crippen LogP contribution in [0.25, 0.3) is 0 Å². The Hall–Kier alpha value is -2.60. The van der Waals surface area contributed by atoms with E-state index < -0.39 is 41.8 Å². The van der Waals surface area contributed by atoms with E-state index in [1.165, 1.54) is 24.3 Å². The van der Waals surface area contributed by atoms with Crippen molar-refractivity contribution in [3.8, 4) is 0 Å². The Balaban J connectivity index is 2.94. The topological polar surface area (TPSA) is 179 Å². The van der Waals surface area contributed by atoms with E-state index in [1.54, 1.807) is 13.8 Å². The summed E-state index contributed by atoms with van der Waals surface area (Å²) in [6, 6.07) is -3.01. The first-order chi connectivity index (χ1) is 14.2. The number of carboxylic acid groups (broad SMARTS) is 1. The molecule has 7 N–H and O–H groups in total. The van der Waals surface area contributed by atoms with Crippen LogP contribution < -0.4 is 21.7 Å². The van der Waals surface area contributed by atoms with Crippen LogP contribution in [-0.2, 0) is 25.6 Å². The maximum Gasteiger partial charge on any atom is 0.326 e. The van der Waals surface area contributed by atoms with E-state index in [-0.39, 0.29) is 18.9 Å². The molecule has 0 radical (unpaired) electrons. The summed E-state index contributed by atoms with van der Waals surface area (Å²) in [5.74, 6) is -2.61. The lowest BCUT2D eigenvalue weighted by Gasteiger charge is -2.25. The second-order valence-corrected chi connectivity index (χ2v) is 8.00. The van der Waals surface area contributed by atoms with E-state index in [4.69, 9.17) is 5.73 Å². The van der Waals surface area contributed by atoms with Crippen LogP contribution in [0.1, 0.15) is 26.0 Å². The van der Waals surface area contributed by atoms with Crippen LogP contribution in [0.2, 0.25) is 0 Å². The maximum atomic E-state index is 12.8. The molecule has 0 saturated carbocycles. The lowest BCUT2D eigenvalue weighted by molar-refractivity contribution is -0.143. The largest absolute Gasteiger partial charge is 0.480 e. The number of hydrogen-bond acceptors (Lipinski definition) is 7. The molecule has 0 aromatic carbocycles. The molecule has 11 nitrogen and oxygen atoms in total. The molecule has 1 aromatic heterocycles. The summed E-state index contributed by atoms with van der Waals surface area (Å²) in [7, 11) is 0. The number of nitrogens with zero attached hydrogens (tertiary/aromatic N) is 1. The maximum absolute atomic E-state index is 12.8. The van der Waals surface area contributed by atoms with E-state index in [1.807, 2.05) is 6.26 Å². The Morgan fingerprint density at radius 2 is 1.83 bits per heavy atom. The van der Waals surface area contributed by atoms with Crippen molar-refractivity contribution < 1.29 is 24.3 Å². The zero-order valence-electron chi connectivity index (χ0n) is 17.3. The highest BCUT2D eigenvalue weighted by Crippen LogP contribution is 2.07. The molecule has 0 aliphatic carbocycles. The number of carboxylic acids is 1. The smallest absolute Gasteiger partial charge is 0.326 e. The summed E-state index contributed by atoms with van der Waals surface area (Å²) < 4.78 is 0. The van der Waals surface area contributed by atoms with Gasteiger partial charge < -0.3 is 31.8 Å². The molecule has 3 atom stereocenters. The summed E-state index contributed by atoms with van der Waals surface area (Å²) in [6.45, 7) is 3.06. The fourth-order valence-corrected chi connectivity index (χ4v) is 3.09. The molecule has 0 fully saturated rings. The van der Waals surface area contributed by atoms with E-state index in [0.717, 1.165) is 0 Å². The zero-order valence-corrected chi connectivity index (χ0v) is 18.1. The van der Waals surface area contributed by atoms with Gasteiger partial charge in [-0.3, -0.25) is 14.4 Å². The molecule has 3 unspecified atom stereocenters. The van der Waals surface area contributed by atoms with E-state index >= 15 is 0 Å². The summed E-state index contributed by atoms with van der Waals surface area (Å²) in [5.41, 5.74) is 5.95. The number of carbonyl (C=O) groups is 4. The minimum absolute atomic E-state index is 0.123. The van der Waals surface area contributed by atoms with Gasteiger partial charge in [0.2, 0.25) is 17.7 Å². The van der Waals surface area contributed by atoms with Crippen molar-refractivity contribution in [3.05, 3.63) is 18.2 Å². The zero-order chi connectivity index (χ0) is 22.7. The summed E-state index contributed by atoms with van der Waals surface area (Å²) in [5, 5.41) is 17.0. The minimum atomic E-state index is -1.15. The Bertz CT molecular complexity index is 712. The number of nitrogens with one attached hydrogen (secondary N) is 4. The Labute approximate surface area is 179 Å². The predicted molar refractivity (Wildman–Crippen MR) is 113 cm³/mol. The number of carbonyl (C=O) groups excluding carboxylic acids is 3. The Morgan fingerprint density at radius 3 is 2.33 bits per heavy atom. The minimum Gasteiger partial charge on any atom is -0.480 e. The second kappa shape index (κ2) is 12.9. The van der Waals surface area contributed by atoms with Crippen LogP contribution in [0.15, 0.2) is 12.5 Å². The number of aromatic amines is 1. The predicted octanol–water partition coefficient (Wildman–Crippen LogP) is -1.14. The third-order valence-electron chi connectivity index (χ3n) is 4.29. The van der Waals surface area contributed by atoms with Gasteiger partial charge in [0.15, 0.2) is 0 Å². The van der Waals surface area contributed by atoms with Crippen LogP contribution in [0.5, 0.6) is 0 Å². The molecule has 0 aliphatic rings. The first-order valence-corrected chi connectivity index (χ1v) is 10.9. The van der Waals surface area contributed by atoms with Gasteiger partial charge in [0, 0.05) is 18.3 Å². The molecule has 0 spiro atoms. The summed E-state index contributed by atoms with van der Waals surface area (Å²) in [4.78, 5) is 55.4. The fraction of sp³-hybridized carbons (Fsp3) is 0.611. The van der Waals surface area contributed by atoms with Crippen molar-refractivity contribution in [3.63, 3.8) is 0 Å². The average Bonchev–Trinajstić information content (AvgIpc) is 3.20. The molecule has 1 heterocycles. The number of thioether (sulfide) groups is 1. The van der Waals surface area contributed by atoms with Crippen molar-refractivity contribution in [1.29, 1.82) is 0 Å². The molecule has 30 heavy (non-hydrogen) atoms. The van der Waals surface area contributed by atoms with Gasteiger partial charge in [0.25, 0.3) is 0 Å². The lowest BCUT2D eigenvalue weighted by Crippen LogP contribution is -2.57. The number of aromatic nitrogens is 2. The lowest BCUT2D eigenvalue weighted by atomic mass is 10.0. The first kappa shape index (κ1) is 25.4. The molecular formula is C18H30N6O5S. The highest BCUT2D eigenvalue weighted by Gasteiger charge is 2.30. The highest BCUT2D eigenvalue weighted by molar-refractivity contribution is 7.98. The number of rotatable bonds is 13. The fourth-order valence-electron chi connectivity index (χ4n) is 2.62. The first-order valence-electron chi connectivity index (χ1n) is 9.48. The number of amides is 3. The Morgan fingerprint density at radius 1 is 1.17 bits per heavy atom. The number of imidazole rings is 1. The van der Waals surface area contributed by atoms with Crippen molar-refractivity contribution in [2.45, 2.75) is 44.8 Å². The van der Waals surface area contributed by atoms with Gasteiger partial charge in [0.1, 0.15) is 18.1 Å². The Kier molecular flexibility index (Phi) is 10.9. The molecule has 12 heteroatoms. The van der Waals surface area contributed by atoms with E-state index in [9.17, 15) is 24.3 Å². The van der Waals surface area contributed by atoms with Crippen molar-refractivity contribution in [2.75, 3.05) is 18.6 Å². The van der Waals surface area contributed by atoms with E-state index in [2.05, 4.69) is 25.9 Å². The highest BCUT2D eigenvalue weighted by atomic mass is 32.2. The van der Waals surface area contributed by atoms with Crippen LogP contribution in [-0.4, -0.2) is 75.4 Å². The van der Waals surface area contributed by atoms with Crippen LogP contribution in [0.3, 0.4) is 0 Å². The number of aliphatic carboxylic acids is 1. The summed E-state index contributed by atoms with van der Waals surface area (Å²) in [6.07, 6.45) is 5.24. The average molecular weight is 443 g/mol. The number of H-pyrrole nitrogens is 1. The quantitative estimate of drug-likeness (QED) is 0.222. The molecule has 168 valence electrons. The summed E-state index contributed by atoms with van der Waals surface area (Å²) >= 11 is 1.49. The monoisotopic (exact) mass is 442 g/mol. The number of hydrogen-bond donors (Lipinski definition) is 6. The van der Waals surface area contributed by atoms with Crippen molar-refractivity contribution in [1.82, 2.24) is 25.9 Å². The third kappa shape index (κ3) is 8.41. The second-order valence-electron chi connectivity index (χ2n) is 7.02. The van der Waals surface area contributed by atoms with Crippen LogP contribution in [0.4, 0.5) is 0 Å². The third-order valence-corrected chi connectivity index (χ3v) is 4.93. The molecule has 0 aliphatic heterocycles. The molecule has 1 rings (SSSR count). The van der Waals surface area contributed by atoms with Gasteiger partial charge in [0.05, 0.1) is 12.9 Å². The molecule has 3 amide bonds. The SMILES string of the molecule is CSCCC(NC(=O)C(Cc1cnc[nH]1)NC(=O)CN)C(=O)NC(C(=O)O)C(C)C. The van der Waals surface area contributed by atoms with Gasteiger partial charge in [-0.1, -0.05) is 13.8 Å². The van der Waals surface area contributed by atoms with Gasteiger partial charge in [-0.05, 0) is 24.3 Å². The standard InChI is InChI=1S/C18H30N6O5S/c1-10(2)15(18(28)29)24-16(26)12(4-5-30-3)23-17(27)13(22-14(25)7-19)6-11-8-20-9-21-11/h8-10,12-13,15H,4-7,19H2,1-3H3,(H,20,21)(H,22,25)(H,23,27)(H,24,26)(H,28,29). The normalized spacial score (nSPS) is 13.9. The molecule has 1 aromatic rings. The van der Waals surface area contributed by atoms with E-state index in [0.29, 0.717) is 17.9 Å². The molecular weight excluding hydrogens is 412 g/mol. The van der Waals surface area contributed by atoms with Gasteiger partial charge >= 0.3 is 5.97 Å². The number of nitrogens with two attached hydrogens (primary N) is 1.